The van der Waals surface area contributed by atoms with Gasteiger partial charge in [0, 0.05) is 12.0 Å². The molecule has 1 rings (SSSR count). The maximum atomic E-state index is 11.8. The minimum Gasteiger partial charge on any atom is -0.481 e. The van der Waals surface area contributed by atoms with Crippen LogP contribution in [0.1, 0.15) is 52.9 Å². The molecule has 1 aliphatic carbocycles. The fourth-order valence-corrected chi connectivity index (χ4v) is 2.32. The van der Waals surface area contributed by atoms with Gasteiger partial charge >= 0.3 is 5.97 Å². The first-order valence-electron chi connectivity index (χ1n) is 6.45. The molecule has 0 aliphatic heterocycles. The highest BCUT2D eigenvalue weighted by molar-refractivity contribution is 5.81. The normalized spacial score (nSPS) is 30.6. The van der Waals surface area contributed by atoms with Gasteiger partial charge in [0.1, 0.15) is 0 Å². The van der Waals surface area contributed by atoms with Crippen LogP contribution < -0.4 is 5.32 Å². The van der Waals surface area contributed by atoms with E-state index in [-0.39, 0.29) is 17.9 Å². The van der Waals surface area contributed by atoms with Crippen LogP contribution in [0.5, 0.6) is 0 Å². The van der Waals surface area contributed by atoms with Crippen LogP contribution in [0.4, 0.5) is 0 Å². The van der Waals surface area contributed by atoms with Gasteiger partial charge in [0.2, 0.25) is 5.91 Å². The van der Waals surface area contributed by atoms with E-state index in [1.54, 1.807) is 6.92 Å². The molecule has 4 heteroatoms. The van der Waals surface area contributed by atoms with E-state index in [0.717, 1.165) is 25.7 Å². The summed E-state index contributed by atoms with van der Waals surface area (Å²) in [5, 5.41) is 12.2. The van der Waals surface area contributed by atoms with Crippen LogP contribution in [0, 0.1) is 11.3 Å². The molecule has 0 aromatic heterocycles. The number of nitrogens with one attached hydrogen (secondary N) is 1. The monoisotopic (exact) mass is 241 g/mol. The second kappa shape index (κ2) is 5.52. The SMILES string of the molecule is CCC(C)C(=O)NC1CCCCC1(C)C(=O)O. The Morgan fingerprint density at radius 3 is 2.65 bits per heavy atom. The lowest BCUT2D eigenvalue weighted by molar-refractivity contribution is -0.152. The molecule has 0 aromatic carbocycles. The van der Waals surface area contributed by atoms with E-state index in [4.69, 9.17) is 0 Å². The first kappa shape index (κ1) is 14.0. The first-order valence-corrected chi connectivity index (χ1v) is 6.45. The Morgan fingerprint density at radius 1 is 1.47 bits per heavy atom. The van der Waals surface area contributed by atoms with Crippen molar-refractivity contribution in [3.8, 4) is 0 Å². The number of carbonyl (C=O) groups excluding carboxylic acids is 1. The average Bonchev–Trinajstić information content (AvgIpc) is 2.30. The Labute approximate surface area is 103 Å². The molecule has 2 N–H and O–H groups in total. The molecule has 0 aromatic rings. The number of hydrogen-bond donors (Lipinski definition) is 2. The molecule has 3 atom stereocenters. The summed E-state index contributed by atoms with van der Waals surface area (Å²) >= 11 is 0. The quantitative estimate of drug-likeness (QED) is 0.792. The summed E-state index contributed by atoms with van der Waals surface area (Å²) in [4.78, 5) is 23.2. The lowest BCUT2D eigenvalue weighted by Gasteiger charge is -2.38. The summed E-state index contributed by atoms with van der Waals surface area (Å²) in [5.41, 5.74) is -0.804. The Hall–Kier alpha value is -1.06. The molecular weight excluding hydrogens is 218 g/mol. The molecule has 3 unspecified atom stereocenters. The summed E-state index contributed by atoms with van der Waals surface area (Å²) in [5.74, 6) is -0.867. The summed E-state index contributed by atoms with van der Waals surface area (Å²) in [6.45, 7) is 5.58. The fourth-order valence-electron chi connectivity index (χ4n) is 2.32. The summed E-state index contributed by atoms with van der Waals surface area (Å²) in [6, 6.07) is -0.227. The van der Waals surface area contributed by atoms with Gasteiger partial charge < -0.3 is 10.4 Å². The predicted octanol–water partition coefficient (Wildman–Crippen LogP) is 2.18. The molecule has 0 heterocycles. The van der Waals surface area contributed by atoms with Gasteiger partial charge in [-0.3, -0.25) is 9.59 Å². The number of amides is 1. The van der Waals surface area contributed by atoms with Gasteiger partial charge in [0.15, 0.2) is 0 Å². The van der Waals surface area contributed by atoms with Gasteiger partial charge in [-0.05, 0) is 26.2 Å². The van der Waals surface area contributed by atoms with Crippen LogP contribution in [0.25, 0.3) is 0 Å². The average molecular weight is 241 g/mol. The van der Waals surface area contributed by atoms with Crippen LogP contribution in [0.3, 0.4) is 0 Å². The maximum absolute atomic E-state index is 11.8. The highest BCUT2D eigenvalue weighted by Gasteiger charge is 2.44. The molecule has 4 nitrogen and oxygen atoms in total. The van der Waals surface area contributed by atoms with Crippen LogP contribution in [0.2, 0.25) is 0 Å². The van der Waals surface area contributed by atoms with Gasteiger partial charge in [-0.15, -0.1) is 0 Å². The largest absolute Gasteiger partial charge is 0.481 e. The number of carbonyl (C=O) groups is 2. The topological polar surface area (TPSA) is 66.4 Å². The number of rotatable bonds is 4. The maximum Gasteiger partial charge on any atom is 0.311 e. The van der Waals surface area contributed by atoms with E-state index < -0.39 is 11.4 Å². The van der Waals surface area contributed by atoms with Gasteiger partial charge in [-0.1, -0.05) is 26.7 Å². The highest BCUT2D eigenvalue weighted by atomic mass is 16.4. The Kier molecular flexibility index (Phi) is 4.54. The van der Waals surface area contributed by atoms with Crippen LogP contribution in [-0.2, 0) is 9.59 Å². The molecule has 98 valence electrons. The van der Waals surface area contributed by atoms with E-state index in [1.165, 1.54) is 0 Å². The zero-order valence-corrected chi connectivity index (χ0v) is 11.0. The first-order chi connectivity index (χ1) is 7.91. The zero-order chi connectivity index (χ0) is 13.1. The third kappa shape index (κ3) is 2.99. The van der Waals surface area contributed by atoms with Crippen LogP contribution >= 0.6 is 0 Å². The molecule has 1 aliphatic rings. The van der Waals surface area contributed by atoms with Gasteiger partial charge in [0.05, 0.1) is 5.41 Å². The molecule has 1 fully saturated rings. The fraction of sp³-hybridized carbons (Fsp3) is 0.846. The third-order valence-corrected chi connectivity index (χ3v) is 4.07. The smallest absolute Gasteiger partial charge is 0.311 e. The van der Waals surface area contributed by atoms with Crippen molar-refractivity contribution < 1.29 is 14.7 Å². The van der Waals surface area contributed by atoms with Gasteiger partial charge in [-0.25, -0.2) is 0 Å². The molecule has 1 saturated carbocycles. The van der Waals surface area contributed by atoms with Crippen LogP contribution in [0.15, 0.2) is 0 Å². The van der Waals surface area contributed by atoms with Crippen molar-refractivity contribution in [2.24, 2.45) is 11.3 Å². The Balaban J connectivity index is 2.73. The lowest BCUT2D eigenvalue weighted by Crippen LogP contribution is -2.53. The summed E-state index contributed by atoms with van der Waals surface area (Å²) in [6.07, 6.45) is 4.12. The second-order valence-electron chi connectivity index (χ2n) is 5.34. The number of carboxylic acids is 1. The molecule has 0 radical (unpaired) electrons. The van der Waals surface area contributed by atoms with E-state index in [9.17, 15) is 14.7 Å². The molecule has 1 amide bonds. The van der Waals surface area contributed by atoms with E-state index in [1.807, 2.05) is 13.8 Å². The van der Waals surface area contributed by atoms with Crippen molar-refractivity contribution in [1.82, 2.24) is 5.32 Å². The van der Waals surface area contributed by atoms with E-state index in [0.29, 0.717) is 6.42 Å². The highest BCUT2D eigenvalue weighted by Crippen LogP contribution is 2.36. The predicted molar refractivity (Wildman–Crippen MR) is 65.6 cm³/mol. The van der Waals surface area contributed by atoms with Gasteiger partial charge in [-0.2, -0.15) is 0 Å². The number of aliphatic carboxylic acids is 1. The van der Waals surface area contributed by atoms with Crippen LogP contribution in [-0.4, -0.2) is 23.0 Å². The van der Waals surface area contributed by atoms with E-state index in [2.05, 4.69) is 5.32 Å². The van der Waals surface area contributed by atoms with Crippen molar-refractivity contribution in [3.63, 3.8) is 0 Å². The van der Waals surface area contributed by atoms with Crippen molar-refractivity contribution in [3.05, 3.63) is 0 Å². The minimum atomic E-state index is -0.804. The zero-order valence-electron chi connectivity index (χ0n) is 11.0. The Morgan fingerprint density at radius 2 is 2.12 bits per heavy atom. The summed E-state index contributed by atoms with van der Waals surface area (Å²) in [7, 11) is 0. The molecule has 0 spiro atoms. The van der Waals surface area contributed by atoms with E-state index >= 15 is 0 Å². The second-order valence-corrected chi connectivity index (χ2v) is 5.34. The molecular formula is C13H23NO3. The van der Waals surface area contributed by atoms with Crippen molar-refractivity contribution in [1.29, 1.82) is 0 Å². The standard InChI is InChI=1S/C13H23NO3/c1-4-9(2)11(15)14-10-7-5-6-8-13(10,3)12(16)17/h9-10H,4-8H2,1-3H3,(H,14,15)(H,16,17). The summed E-state index contributed by atoms with van der Waals surface area (Å²) < 4.78 is 0. The molecule has 0 bridgehead atoms. The molecule has 17 heavy (non-hydrogen) atoms. The number of hydrogen-bond acceptors (Lipinski definition) is 2. The van der Waals surface area contributed by atoms with Crippen molar-refractivity contribution in [2.45, 2.75) is 58.9 Å². The van der Waals surface area contributed by atoms with Gasteiger partial charge in [0.25, 0.3) is 0 Å². The van der Waals surface area contributed by atoms with Crippen molar-refractivity contribution >= 4 is 11.9 Å². The third-order valence-electron chi connectivity index (χ3n) is 4.07. The molecule has 0 saturated heterocycles. The lowest BCUT2D eigenvalue weighted by atomic mass is 9.71. The van der Waals surface area contributed by atoms with Crippen molar-refractivity contribution in [2.75, 3.05) is 0 Å². The minimum absolute atomic E-state index is 0.0214. The number of carboxylic acid groups (broad SMARTS) is 1. The Bertz CT molecular complexity index is 303.